The first-order valence-electron chi connectivity index (χ1n) is 28.1. The molecule has 1 fully saturated rings. The zero-order chi connectivity index (χ0) is 59.5. The van der Waals surface area contributed by atoms with Gasteiger partial charge in [-0.25, -0.2) is 23.2 Å². The molecule has 0 saturated carbocycles. The molecule has 26 heteroatoms. The van der Waals surface area contributed by atoms with Gasteiger partial charge in [0.15, 0.2) is 11.2 Å². The highest BCUT2D eigenvalue weighted by Crippen LogP contribution is 2.25. The van der Waals surface area contributed by atoms with E-state index in [0.29, 0.717) is 112 Å². The number of hydrogen-bond donors (Lipinski definition) is 3. The van der Waals surface area contributed by atoms with Crippen molar-refractivity contribution in [2.24, 2.45) is 7.05 Å². The van der Waals surface area contributed by atoms with E-state index in [1.54, 1.807) is 77.9 Å². The lowest BCUT2D eigenvalue weighted by Crippen LogP contribution is -2.47. The number of carbonyl (C=O) groups excluding carboxylic acids is 4. The fourth-order valence-corrected chi connectivity index (χ4v) is 9.59. The molecule has 84 heavy (non-hydrogen) atoms. The summed E-state index contributed by atoms with van der Waals surface area (Å²) in [5, 5.41) is 23.8. The molecule has 7 rings (SSSR count). The number of hydrogen-bond acceptors (Lipinski definition) is 16. The molecule has 22 nitrogen and oxygen atoms in total. The topological polar surface area (TPSA) is 225 Å². The van der Waals surface area contributed by atoms with Crippen LogP contribution in [0.3, 0.4) is 0 Å². The molecule has 0 aliphatic carbocycles. The number of unbranched alkanes of at least 4 members (excludes halogenated alkanes) is 1. The first kappa shape index (κ1) is 64.4. The van der Waals surface area contributed by atoms with Gasteiger partial charge in [-0.2, -0.15) is 5.10 Å². The van der Waals surface area contributed by atoms with E-state index in [9.17, 15) is 28.0 Å². The van der Waals surface area contributed by atoms with Crippen molar-refractivity contribution < 1.29 is 51.6 Å². The second-order valence-electron chi connectivity index (χ2n) is 20.1. The minimum atomic E-state index is -2.87. The van der Waals surface area contributed by atoms with Crippen LogP contribution in [-0.2, 0) is 68.0 Å². The van der Waals surface area contributed by atoms with Gasteiger partial charge in [0.2, 0.25) is 17.7 Å². The van der Waals surface area contributed by atoms with Crippen molar-refractivity contribution in [1.29, 1.82) is 0 Å². The minimum Gasteiger partial charge on any atom is -0.494 e. The molecule has 1 saturated heterocycles. The van der Waals surface area contributed by atoms with Crippen LogP contribution in [0, 0.1) is 0 Å². The standard InChI is InChI=1S/C58H76ClF2N13O9S/c1-69(22-4-5-30-82-49-15-8-43(9-16-49)10-19-53(75)74(41-52(60)61)55(51-20-23-71(3)67-51)56(77)62-39-44-6-11-45(59)12-7-44)28-32-80-35-34-79-31-21-47-40-73(68-66-47)29-33-81-36-37-83-50-17-13-46(14-18-50)63-57(78)65-58-64-48(42-84-58)38-54(76)72-26-24-70(2)25-27-72/h6-9,11-18,20,23,40,42,52,55H,4-5,10,19,21-22,24-39,41H2,1-3H3,(H,62,77)(H2,63,64,65,78). The molecule has 1 aliphatic heterocycles. The summed E-state index contributed by atoms with van der Waals surface area (Å²) in [4.78, 5) is 64.0. The molecule has 454 valence electrons. The van der Waals surface area contributed by atoms with Gasteiger partial charge in [0.05, 0.1) is 82.8 Å². The number of urea groups is 1. The van der Waals surface area contributed by atoms with Crippen LogP contribution >= 0.6 is 22.9 Å². The molecule has 0 radical (unpaired) electrons. The van der Waals surface area contributed by atoms with Crippen molar-refractivity contribution in [2.45, 2.75) is 64.1 Å². The van der Waals surface area contributed by atoms with Gasteiger partial charge in [0, 0.05) is 87.6 Å². The molecule has 3 aromatic carbocycles. The van der Waals surface area contributed by atoms with Crippen molar-refractivity contribution in [2.75, 3.05) is 123 Å². The molecule has 5 amide bonds. The van der Waals surface area contributed by atoms with E-state index in [4.69, 9.17) is 35.3 Å². The first-order valence-corrected chi connectivity index (χ1v) is 29.3. The zero-order valence-electron chi connectivity index (χ0n) is 47.8. The van der Waals surface area contributed by atoms with Gasteiger partial charge < -0.3 is 53.9 Å². The van der Waals surface area contributed by atoms with Crippen molar-refractivity contribution in [3.05, 3.63) is 130 Å². The maximum Gasteiger partial charge on any atom is 0.325 e. The number of benzene rings is 3. The number of amides is 5. The molecule has 3 N–H and O–H groups in total. The first-order chi connectivity index (χ1) is 40.7. The maximum atomic E-state index is 13.9. The number of likely N-dealkylation sites (N-methyl/N-ethyl adjacent to an activating group) is 2. The van der Waals surface area contributed by atoms with Crippen LogP contribution in [0.15, 0.2) is 96.6 Å². The van der Waals surface area contributed by atoms with E-state index in [1.165, 1.54) is 16.0 Å². The van der Waals surface area contributed by atoms with Gasteiger partial charge in [-0.3, -0.25) is 24.4 Å². The summed E-state index contributed by atoms with van der Waals surface area (Å²) in [7, 11) is 5.75. The van der Waals surface area contributed by atoms with E-state index >= 15 is 0 Å². The van der Waals surface area contributed by atoms with Crippen molar-refractivity contribution in [1.82, 2.24) is 54.7 Å². The number of nitrogens with one attached hydrogen (secondary N) is 3. The number of anilines is 2. The highest BCUT2D eigenvalue weighted by molar-refractivity contribution is 7.14. The number of nitrogens with zero attached hydrogens (tertiary/aromatic N) is 10. The molecule has 1 aliphatic rings. The van der Waals surface area contributed by atoms with E-state index in [-0.39, 0.29) is 37.4 Å². The van der Waals surface area contributed by atoms with Crippen molar-refractivity contribution in [3.63, 3.8) is 0 Å². The maximum absolute atomic E-state index is 13.9. The molecule has 0 spiro atoms. The predicted molar refractivity (Wildman–Crippen MR) is 315 cm³/mol. The Labute approximate surface area is 497 Å². The Morgan fingerprint density at radius 2 is 1.44 bits per heavy atom. The molecule has 4 heterocycles. The van der Waals surface area contributed by atoms with Gasteiger partial charge >= 0.3 is 6.03 Å². The monoisotopic (exact) mass is 1200 g/mol. The van der Waals surface area contributed by atoms with E-state index in [2.05, 4.69) is 53.2 Å². The van der Waals surface area contributed by atoms with E-state index in [1.807, 2.05) is 42.4 Å². The summed E-state index contributed by atoms with van der Waals surface area (Å²) < 4.78 is 60.1. The Balaban J connectivity index is 0.662. The Hall–Kier alpha value is -7.13. The highest BCUT2D eigenvalue weighted by atomic mass is 35.5. The number of rotatable bonds is 36. The third kappa shape index (κ3) is 22.8. The predicted octanol–water partition coefficient (Wildman–Crippen LogP) is 6.63. The quantitative estimate of drug-likeness (QED) is 0.0351. The molecule has 6 aromatic rings. The fraction of sp³-hybridized carbons (Fsp3) is 0.483. The number of ether oxygens (including phenoxy) is 5. The number of halogens is 3. The smallest absolute Gasteiger partial charge is 0.325 e. The molecule has 1 atom stereocenters. The average Bonchev–Trinajstić information content (AvgIpc) is 4.36. The van der Waals surface area contributed by atoms with Gasteiger partial charge in [-0.1, -0.05) is 41.1 Å². The summed E-state index contributed by atoms with van der Waals surface area (Å²) in [5.41, 5.74) is 3.81. The summed E-state index contributed by atoms with van der Waals surface area (Å²) in [6, 6.07) is 21.0. The van der Waals surface area contributed by atoms with Crippen LogP contribution < -0.4 is 25.4 Å². The number of carbonyl (C=O) groups is 4. The molecule has 3 aromatic heterocycles. The van der Waals surface area contributed by atoms with Gasteiger partial charge in [-0.15, -0.1) is 16.4 Å². The Bertz CT molecular complexity index is 2930. The van der Waals surface area contributed by atoms with Crippen LogP contribution in [-0.4, -0.2) is 192 Å². The third-order valence-electron chi connectivity index (χ3n) is 13.5. The Morgan fingerprint density at radius 1 is 0.750 bits per heavy atom. The largest absolute Gasteiger partial charge is 0.494 e. The van der Waals surface area contributed by atoms with E-state index in [0.717, 1.165) is 60.7 Å². The van der Waals surface area contributed by atoms with Crippen LogP contribution in [0.1, 0.15) is 53.5 Å². The van der Waals surface area contributed by atoms with Gasteiger partial charge in [0.1, 0.15) is 18.1 Å². The molecular formula is C58H76ClF2N13O9S. The van der Waals surface area contributed by atoms with Crippen molar-refractivity contribution in [3.8, 4) is 11.5 Å². The number of piperazine rings is 1. The third-order valence-corrected chi connectivity index (χ3v) is 14.5. The molecular weight excluding hydrogens is 1130 g/mol. The van der Waals surface area contributed by atoms with Crippen LogP contribution in [0.2, 0.25) is 5.02 Å². The molecule has 1 unspecified atom stereocenters. The lowest BCUT2D eigenvalue weighted by Gasteiger charge is -2.32. The number of thiazole rings is 1. The highest BCUT2D eigenvalue weighted by Gasteiger charge is 2.35. The second kappa shape index (κ2) is 34.6. The average molecular weight is 1200 g/mol. The van der Waals surface area contributed by atoms with Gasteiger partial charge in [-0.05, 0) is 106 Å². The molecule has 0 bridgehead atoms. The van der Waals surface area contributed by atoms with Crippen LogP contribution in [0.5, 0.6) is 11.5 Å². The normalized spacial score (nSPS) is 13.1. The number of aromatic nitrogens is 6. The second-order valence-corrected chi connectivity index (χ2v) is 21.4. The minimum absolute atomic E-state index is 0.0404. The lowest BCUT2D eigenvalue weighted by atomic mass is 10.1. The Kier molecular flexibility index (Phi) is 26.5. The lowest BCUT2D eigenvalue weighted by molar-refractivity contribution is -0.143. The van der Waals surface area contributed by atoms with Gasteiger partial charge in [0.25, 0.3) is 6.43 Å². The fourth-order valence-electron chi connectivity index (χ4n) is 8.76. The summed E-state index contributed by atoms with van der Waals surface area (Å²) in [6.45, 7) is 8.25. The zero-order valence-corrected chi connectivity index (χ0v) is 49.4. The van der Waals surface area contributed by atoms with Crippen LogP contribution in [0.25, 0.3) is 0 Å². The summed E-state index contributed by atoms with van der Waals surface area (Å²) >= 11 is 7.26. The Morgan fingerprint density at radius 3 is 2.17 bits per heavy atom. The number of alkyl halides is 2. The SMILES string of the molecule is CN(CCCCOc1ccc(CCC(=O)N(CC(F)F)C(C(=O)NCc2ccc(Cl)cc2)c2ccn(C)n2)cc1)CCOCCOCCc1cn(CCOCCOc2ccc(NC(=O)Nc3nc(CC(=O)N4CCN(C)CC4)cs3)cc2)nn1. The van der Waals surface area contributed by atoms with Crippen molar-refractivity contribution >= 4 is 57.5 Å². The van der Waals surface area contributed by atoms with E-state index < -0.39 is 36.9 Å². The van der Waals surface area contributed by atoms with Crippen LogP contribution in [0.4, 0.5) is 24.4 Å². The summed E-state index contributed by atoms with van der Waals surface area (Å²) in [6.07, 6.45) is 3.41. The number of aryl methyl sites for hydroxylation is 2. The summed E-state index contributed by atoms with van der Waals surface area (Å²) in [5.74, 6) is 0.151.